The Kier molecular flexibility index (Phi) is 4.37. The monoisotopic (exact) mass is 524 g/mol. The summed E-state index contributed by atoms with van der Waals surface area (Å²) in [5.74, 6) is 0. The van der Waals surface area contributed by atoms with Crippen molar-refractivity contribution in [3.05, 3.63) is 127 Å². The van der Waals surface area contributed by atoms with Gasteiger partial charge < -0.3 is 13.4 Å². The molecule has 4 heteroatoms. The summed E-state index contributed by atoms with van der Waals surface area (Å²) in [4.78, 5) is 0. The molecule has 0 bridgehead atoms. The molecule has 41 heavy (non-hydrogen) atoms. The summed E-state index contributed by atoms with van der Waals surface area (Å²) in [5.41, 5.74) is 9.50. The van der Waals surface area contributed by atoms with Crippen LogP contribution in [0.25, 0.3) is 82.5 Å². The highest BCUT2D eigenvalue weighted by Gasteiger charge is 2.21. The highest BCUT2D eigenvalue weighted by Crippen LogP contribution is 2.43. The first-order valence-corrected chi connectivity index (χ1v) is 13.6. The molecule has 4 nitrogen and oxygen atoms in total. The lowest BCUT2D eigenvalue weighted by Gasteiger charge is -2.14. The molecule has 0 saturated heterocycles. The molecule has 6 aromatic carbocycles. The maximum absolute atomic E-state index is 9.49. The second kappa shape index (κ2) is 8.11. The van der Waals surface area contributed by atoms with Crippen LogP contribution in [-0.4, -0.2) is 4.57 Å². The van der Waals surface area contributed by atoms with Crippen molar-refractivity contribution in [3.8, 4) is 22.9 Å². The average molecular weight is 525 g/mol. The summed E-state index contributed by atoms with van der Waals surface area (Å²) >= 11 is 0. The number of aromatic nitrogens is 1. The minimum absolute atomic E-state index is 0.618. The van der Waals surface area contributed by atoms with Crippen LogP contribution in [-0.2, 0) is 0 Å². The number of benzene rings is 6. The third-order valence-corrected chi connectivity index (χ3v) is 8.23. The molecule has 9 rings (SSSR count). The van der Waals surface area contributed by atoms with E-state index < -0.39 is 0 Å². The lowest BCUT2D eigenvalue weighted by atomic mass is 10.00. The quantitative estimate of drug-likeness (QED) is 0.226. The van der Waals surface area contributed by atoms with E-state index in [1.165, 1.54) is 10.8 Å². The van der Waals surface area contributed by atoms with Gasteiger partial charge >= 0.3 is 0 Å². The van der Waals surface area contributed by atoms with Gasteiger partial charge in [0.2, 0.25) is 0 Å². The van der Waals surface area contributed by atoms with E-state index >= 15 is 0 Å². The summed E-state index contributed by atoms with van der Waals surface area (Å²) in [6, 6.07) is 43.8. The number of hydrogen-bond donors (Lipinski definition) is 0. The second-order valence-electron chi connectivity index (χ2n) is 10.4. The molecule has 0 unspecified atom stereocenters. The van der Waals surface area contributed by atoms with Crippen molar-refractivity contribution in [2.75, 3.05) is 0 Å². The van der Waals surface area contributed by atoms with Crippen LogP contribution >= 0.6 is 0 Å². The Morgan fingerprint density at radius 1 is 0.537 bits per heavy atom. The fourth-order valence-electron chi connectivity index (χ4n) is 6.44. The number of hydrogen-bond acceptors (Lipinski definition) is 3. The zero-order chi connectivity index (χ0) is 27.1. The van der Waals surface area contributed by atoms with Crippen molar-refractivity contribution in [2.24, 2.45) is 0 Å². The van der Waals surface area contributed by atoms with Gasteiger partial charge in [-0.3, -0.25) is 0 Å². The van der Waals surface area contributed by atoms with Crippen LogP contribution in [0.2, 0.25) is 0 Å². The van der Waals surface area contributed by atoms with Gasteiger partial charge in [-0.15, -0.1) is 0 Å². The normalized spacial score (nSPS) is 11.9. The summed E-state index contributed by atoms with van der Waals surface area (Å²) < 4.78 is 14.8. The van der Waals surface area contributed by atoms with Crippen LogP contribution in [0.4, 0.5) is 0 Å². The number of nitriles is 1. The Balaban J connectivity index is 1.40. The van der Waals surface area contributed by atoms with E-state index in [1.54, 1.807) is 6.07 Å². The molecular weight excluding hydrogens is 504 g/mol. The maximum Gasteiger partial charge on any atom is 0.137 e. The average Bonchev–Trinajstić information content (AvgIpc) is 3.69. The SMILES string of the molecule is N#Cc1ccc2oc3ccc(-c4ccccc4-n4c5ccccc5c5ccc6oc7ccccc7c6c54)cc3c2c1. The van der Waals surface area contributed by atoms with Crippen molar-refractivity contribution in [3.63, 3.8) is 0 Å². The third kappa shape index (κ3) is 3.03. The molecule has 3 aromatic heterocycles. The van der Waals surface area contributed by atoms with E-state index in [9.17, 15) is 5.26 Å². The van der Waals surface area contributed by atoms with E-state index in [0.29, 0.717) is 5.56 Å². The number of furan rings is 2. The molecule has 0 radical (unpaired) electrons. The number of rotatable bonds is 2. The fourth-order valence-corrected chi connectivity index (χ4v) is 6.44. The standard InChI is InChI=1S/C37H20N2O2/c38-21-22-13-16-33-28(19-22)29-20-23(14-17-34(29)40-33)24-7-1-4-10-30(24)39-31-11-5-2-8-25(31)26-15-18-35-36(37(26)39)27-9-3-6-12-32(27)41-35/h1-20H. The van der Waals surface area contributed by atoms with Crippen molar-refractivity contribution in [1.29, 1.82) is 5.26 Å². The fraction of sp³-hybridized carbons (Fsp3) is 0. The molecule has 3 heterocycles. The van der Waals surface area contributed by atoms with Crippen LogP contribution in [0, 0.1) is 11.3 Å². The largest absolute Gasteiger partial charge is 0.456 e. The van der Waals surface area contributed by atoms with E-state index in [-0.39, 0.29) is 0 Å². The van der Waals surface area contributed by atoms with Crippen molar-refractivity contribution >= 4 is 65.7 Å². The molecule has 0 atom stereocenters. The Bertz CT molecular complexity index is 2550. The minimum Gasteiger partial charge on any atom is -0.456 e. The first kappa shape index (κ1) is 22.1. The molecule has 9 aromatic rings. The van der Waals surface area contributed by atoms with Gasteiger partial charge in [0, 0.05) is 32.5 Å². The van der Waals surface area contributed by atoms with Gasteiger partial charge in [-0.1, -0.05) is 60.7 Å². The molecule has 0 spiro atoms. The molecule has 0 fully saturated rings. The van der Waals surface area contributed by atoms with Crippen LogP contribution in [0.5, 0.6) is 0 Å². The smallest absolute Gasteiger partial charge is 0.137 e. The Hall–Kier alpha value is -5.79. The Morgan fingerprint density at radius 2 is 1.22 bits per heavy atom. The van der Waals surface area contributed by atoms with Gasteiger partial charge in [0.1, 0.15) is 22.3 Å². The highest BCUT2D eigenvalue weighted by molar-refractivity contribution is 6.24. The molecule has 190 valence electrons. The van der Waals surface area contributed by atoms with Crippen LogP contribution in [0.1, 0.15) is 5.56 Å². The summed E-state index contributed by atoms with van der Waals surface area (Å²) in [5, 5.41) is 16.0. The number of fused-ring (bicyclic) bond motifs is 10. The highest BCUT2D eigenvalue weighted by atomic mass is 16.3. The number of nitrogens with zero attached hydrogens (tertiary/aromatic N) is 2. The van der Waals surface area contributed by atoms with Crippen molar-refractivity contribution in [1.82, 2.24) is 4.57 Å². The maximum atomic E-state index is 9.49. The van der Waals surface area contributed by atoms with E-state index in [4.69, 9.17) is 8.83 Å². The molecule has 0 aliphatic heterocycles. The summed E-state index contributed by atoms with van der Waals surface area (Å²) in [7, 11) is 0. The first-order valence-electron chi connectivity index (χ1n) is 13.6. The zero-order valence-electron chi connectivity index (χ0n) is 21.8. The van der Waals surface area contributed by atoms with Gasteiger partial charge in [0.25, 0.3) is 0 Å². The molecule has 0 aliphatic rings. The zero-order valence-corrected chi connectivity index (χ0v) is 21.8. The van der Waals surface area contributed by atoms with Gasteiger partial charge in [0.05, 0.1) is 33.7 Å². The van der Waals surface area contributed by atoms with Crippen LogP contribution in [0.15, 0.2) is 130 Å². The van der Waals surface area contributed by atoms with Crippen molar-refractivity contribution in [2.45, 2.75) is 0 Å². The Morgan fingerprint density at radius 3 is 2.12 bits per heavy atom. The third-order valence-electron chi connectivity index (χ3n) is 8.23. The van der Waals surface area contributed by atoms with Crippen molar-refractivity contribution < 1.29 is 8.83 Å². The van der Waals surface area contributed by atoms with Crippen LogP contribution < -0.4 is 0 Å². The summed E-state index contributed by atoms with van der Waals surface area (Å²) in [6.07, 6.45) is 0. The van der Waals surface area contributed by atoms with Gasteiger partial charge in [-0.2, -0.15) is 5.26 Å². The minimum atomic E-state index is 0.618. The predicted molar refractivity (Wildman–Crippen MR) is 165 cm³/mol. The lowest BCUT2D eigenvalue weighted by molar-refractivity contribution is 0.668. The molecule has 0 N–H and O–H groups in total. The predicted octanol–water partition coefficient (Wildman–Crippen LogP) is 10.1. The lowest BCUT2D eigenvalue weighted by Crippen LogP contribution is -1.97. The van der Waals surface area contributed by atoms with Gasteiger partial charge in [-0.05, 0) is 66.2 Å². The summed E-state index contributed by atoms with van der Waals surface area (Å²) in [6.45, 7) is 0. The molecular formula is C37H20N2O2. The van der Waals surface area contributed by atoms with Gasteiger partial charge in [0.15, 0.2) is 0 Å². The Labute approximate surface area is 233 Å². The van der Waals surface area contributed by atoms with E-state index in [1.807, 2.05) is 30.3 Å². The second-order valence-corrected chi connectivity index (χ2v) is 10.4. The van der Waals surface area contributed by atoms with Crippen LogP contribution in [0.3, 0.4) is 0 Å². The van der Waals surface area contributed by atoms with Gasteiger partial charge in [-0.25, -0.2) is 0 Å². The van der Waals surface area contributed by atoms with E-state index in [0.717, 1.165) is 71.7 Å². The molecule has 0 amide bonds. The number of para-hydroxylation sites is 3. The van der Waals surface area contributed by atoms with E-state index in [2.05, 4.69) is 95.6 Å². The molecule has 0 aliphatic carbocycles. The molecule has 0 saturated carbocycles. The topological polar surface area (TPSA) is 55.0 Å². The first-order chi connectivity index (χ1) is 20.3.